The standard InChI is InChI=1S/C18H34N2O3/c1-17(2,3)23-16(21)20-11-9-15(18(4,5)13-20)19-10-8-14-7-6-12-22-14/h14-15,19H,6-13H2,1-5H3/t14-,15+/m0/s1. The Morgan fingerprint density at radius 1 is 1.35 bits per heavy atom. The second-order valence-electron chi connectivity index (χ2n) is 8.61. The van der Waals surface area contributed by atoms with Crippen LogP contribution in [-0.4, -0.2) is 55.0 Å². The van der Waals surface area contributed by atoms with E-state index in [1.807, 2.05) is 25.7 Å². The predicted octanol–water partition coefficient (Wildman–Crippen LogP) is 3.18. The minimum Gasteiger partial charge on any atom is -0.444 e. The van der Waals surface area contributed by atoms with Gasteiger partial charge in [-0.2, -0.15) is 0 Å². The Kier molecular flexibility index (Phi) is 5.95. The summed E-state index contributed by atoms with van der Waals surface area (Å²) in [7, 11) is 0. The van der Waals surface area contributed by atoms with Gasteiger partial charge in [0.05, 0.1) is 6.10 Å². The van der Waals surface area contributed by atoms with Gasteiger partial charge in [-0.1, -0.05) is 13.8 Å². The smallest absolute Gasteiger partial charge is 0.410 e. The van der Waals surface area contributed by atoms with E-state index in [0.717, 1.165) is 39.1 Å². The van der Waals surface area contributed by atoms with Gasteiger partial charge < -0.3 is 19.7 Å². The van der Waals surface area contributed by atoms with Gasteiger partial charge in [-0.3, -0.25) is 0 Å². The molecule has 5 heteroatoms. The zero-order valence-electron chi connectivity index (χ0n) is 15.5. The normalized spacial score (nSPS) is 28.0. The minimum atomic E-state index is -0.433. The van der Waals surface area contributed by atoms with Crippen LogP contribution in [0, 0.1) is 5.41 Å². The first-order chi connectivity index (χ1) is 10.7. The van der Waals surface area contributed by atoms with Crippen molar-refractivity contribution in [3.05, 3.63) is 0 Å². The Morgan fingerprint density at radius 2 is 2.09 bits per heavy atom. The second-order valence-corrected chi connectivity index (χ2v) is 8.61. The van der Waals surface area contributed by atoms with Crippen LogP contribution in [-0.2, 0) is 9.47 Å². The van der Waals surface area contributed by atoms with Crippen molar-refractivity contribution >= 4 is 6.09 Å². The maximum absolute atomic E-state index is 12.3. The third-order valence-electron chi connectivity index (χ3n) is 4.76. The first-order valence-electron chi connectivity index (χ1n) is 9.00. The van der Waals surface area contributed by atoms with Crippen LogP contribution in [0.4, 0.5) is 4.79 Å². The number of nitrogens with zero attached hydrogens (tertiary/aromatic N) is 1. The van der Waals surface area contributed by atoms with Crippen molar-refractivity contribution < 1.29 is 14.3 Å². The number of rotatable bonds is 4. The van der Waals surface area contributed by atoms with Gasteiger partial charge in [0.2, 0.25) is 0 Å². The van der Waals surface area contributed by atoms with Crippen LogP contribution in [0.1, 0.15) is 60.3 Å². The number of piperidine rings is 1. The lowest BCUT2D eigenvalue weighted by Gasteiger charge is -2.44. The SMILES string of the molecule is CC(C)(C)OC(=O)N1CC[C@@H](NCC[C@@H]2CCCO2)C(C)(C)C1. The fraction of sp³-hybridized carbons (Fsp3) is 0.944. The highest BCUT2D eigenvalue weighted by Crippen LogP contribution is 2.30. The van der Waals surface area contributed by atoms with Crippen molar-refractivity contribution in [1.82, 2.24) is 10.2 Å². The number of hydrogen-bond donors (Lipinski definition) is 1. The molecule has 1 N–H and O–H groups in total. The topological polar surface area (TPSA) is 50.8 Å². The summed E-state index contributed by atoms with van der Waals surface area (Å²) in [5.74, 6) is 0. The molecular weight excluding hydrogens is 292 g/mol. The lowest BCUT2D eigenvalue weighted by molar-refractivity contribution is 0.00189. The van der Waals surface area contributed by atoms with Crippen LogP contribution in [0.15, 0.2) is 0 Å². The third-order valence-corrected chi connectivity index (χ3v) is 4.76. The number of carbonyl (C=O) groups excluding carboxylic acids is 1. The molecule has 2 atom stereocenters. The summed E-state index contributed by atoms with van der Waals surface area (Å²) >= 11 is 0. The summed E-state index contributed by atoms with van der Waals surface area (Å²) in [6, 6.07) is 0.433. The average molecular weight is 326 g/mol. The third kappa shape index (κ3) is 5.64. The number of carbonyl (C=O) groups is 1. The predicted molar refractivity (Wildman–Crippen MR) is 91.6 cm³/mol. The molecule has 0 aromatic rings. The van der Waals surface area contributed by atoms with Crippen LogP contribution in [0.25, 0.3) is 0 Å². The first kappa shape index (κ1) is 18.5. The van der Waals surface area contributed by atoms with E-state index in [4.69, 9.17) is 9.47 Å². The van der Waals surface area contributed by atoms with E-state index in [1.165, 1.54) is 12.8 Å². The molecule has 1 amide bonds. The van der Waals surface area contributed by atoms with Crippen molar-refractivity contribution in [2.24, 2.45) is 5.41 Å². The summed E-state index contributed by atoms with van der Waals surface area (Å²) in [5, 5.41) is 3.69. The largest absolute Gasteiger partial charge is 0.444 e. The van der Waals surface area contributed by atoms with Crippen LogP contribution < -0.4 is 5.32 Å². The van der Waals surface area contributed by atoms with Crippen LogP contribution >= 0.6 is 0 Å². The van der Waals surface area contributed by atoms with Gasteiger partial charge in [-0.15, -0.1) is 0 Å². The summed E-state index contributed by atoms with van der Waals surface area (Å²) < 4.78 is 11.2. The molecule has 0 radical (unpaired) electrons. The van der Waals surface area contributed by atoms with Gasteiger partial charge in [0, 0.05) is 25.7 Å². The van der Waals surface area contributed by atoms with Crippen LogP contribution in [0.5, 0.6) is 0 Å². The van der Waals surface area contributed by atoms with Crippen LogP contribution in [0.2, 0.25) is 0 Å². The fourth-order valence-electron chi connectivity index (χ4n) is 3.51. The molecule has 23 heavy (non-hydrogen) atoms. The van der Waals surface area contributed by atoms with E-state index in [0.29, 0.717) is 12.1 Å². The molecule has 0 aromatic carbocycles. The van der Waals surface area contributed by atoms with E-state index in [2.05, 4.69) is 19.2 Å². The Balaban J connectivity index is 1.78. The molecule has 0 unspecified atom stereocenters. The molecule has 0 aromatic heterocycles. The van der Waals surface area contributed by atoms with E-state index < -0.39 is 5.60 Å². The van der Waals surface area contributed by atoms with Gasteiger partial charge in [0.1, 0.15) is 5.60 Å². The molecule has 5 nitrogen and oxygen atoms in total. The van der Waals surface area contributed by atoms with E-state index >= 15 is 0 Å². The van der Waals surface area contributed by atoms with E-state index in [-0.39, 0.29) is 11.5 Å². The van der Waals surface area contributed by atoms with Crippen molar-refractivity contribution in [3.63, 3.8) is 0 Å². The molecule has 2 fully saturated rings. The van der Waals surface area contributed by atoms with Crippen LogP contribution in [0.3, 0.4) is 0 Å². The highest BCUT2D eigenvalue weighted by molar-refractivity contribution is 5.68. The Labute approximate surface area is 141 Å². The quantitative estimate of drug-likeness (QED) is 0.862. The lowest BCUT2D eigenvalue weighted by Crippen LogP contribution is -2.56. The minimum absolute atomic E-state index is 0.0473. The molecule has 2 aliphatic heterocycles. The molecule has 134 valence electrons. The monoisotopic (exact) mass is 326 g/mol. The summed E-state index contributed by atoms with van der Waals surface area (Å²) in [4.78, 5) is 14.1. The van der Waals surface area contributed by atoms with Crippen molar-refractivity contribution in [1.29, 1.82) is 0 Å². The van der Waals surface area contributed by atoms with Crippen molar-refractivity contribution in [2.45, 2.75) is 78.0 Å². The molecule has 2 saturated heterocycles. The molecular formula is C18H34N2O3. The second kappa shape index (κ2) is 7.39. The fourth-order valence-corrected chi connectivity index (χ4v) is 3.51. The summed E-state index contributed by atoms with van der Waals surface area (Å²) in [5.41, 5.74) is -0.386. The highest BCUT2D eigenvalue weighted by Gasteiger charge is 2.38. The molecule has 2 aliphatic rings. The van der Waals surface area contributed by atoms with Gasteiger partial charge in [0.15, 0.2) is 0 Å². The maximum Gasteiger partial charge on any atom is 0.410 e. The molecule has 0 saturated carbocycles. The zero-order chi connectivity index (χ0) is 17.1. The maximum atomic E-state index is 12.3. The Morgan fingerprint density at radius 3 is 2.65 bits per heavy atom. The molecule has 0 spiro atoms. The number of ether oxygens (including phenoxy) is 2. The average Bonchev–Trinajstić information content (AvgIpc) is 2.91. The molecule has 2 heterocycles. The van der Waals surface area contributed by atoms with E-state index in [9.17, 15) is 4.79 Å². The molecule has 2 rings (SSSR count). The van der Waals surface area contributed by atoms with Crippen molar-refractivity contribution in [3.8, 4) is 0 Å². The van der Waals surface area contributed by atoms with Gasteiger partial charge in [0.25, 0.3) is 0 Å². The summed E-state index contributed by atoms with van der Waals surface area (Å²) in [6.45, 7) is 13.6. The zero-order valence-corrected chi connectivity index (χ0v) is 15.5. The molecule has 0 bridgehead atoms. The van der Waals surface area contributed by atoms with E-state index in [1.54, 1.807) is 0 Å². The van der Waals surface area contributed by atoms with Crippen molar-refractivity contribution in [2.75, 3.05) is 26.2 Å². The van der Waals surface area contributed by atoms with Gasteiger partial charge >= 0.3 is 6.09 Å². The number of nitrogens with one attached hydrogen (secondary N) is 1. The molecule has 0 aliphatic carbocycles. The van der Waals surface area contributed by atoms with Gasteiger partial charge in [-0.05, 0) is 58.4 Å². The lowest BCUT2D eigenvalue weighted by atomic mass is 9.79. The van der Waals surface area contributed by atoms with Gasteiger partial charge in [-0.25, -0.2) is 4.79 Å². The Bertz CT molecular complexity index is 398. The number of likely N-dealkylation sites (tertiary alicyclic amines) is 1. The Hall–Kier alpha value is -0.810. The first-order valence-corrected chi connectivity index (χ1v) is 9.00. The summed E-state index contributed by atoms with van der Waals surface area (Å²) in [6.07, 6.45) is 4.70. The highest BCUT2D eigenvalue weighted by atomic mass is 16.6. The number of hydrogen-bond acceptors (Lipinski definition) is 4. The number of amides is 1.